The molecule has 1 aliphatic carbocycles. The van der Waals surface area contributed by atoms with Crippen LogP contribution in [0.5, 0.6) is 11.6 Å². The number of anilines is 1. The van der Waals surface area contributed by atoms with Crippen LogP contribution in [0.4, 0.5) is 22.7 Å². The minimum atomic E-state index is -0.674. The van der Waals surface area contributed by atoms with Crippen LogP contribution in [0.15, 0.2) is 128 Å². The molecule has 3 aromatic carbocycles. The fourth-order valence-corrected chi connectivity index (χ4v) is 4.32. The first-order valence-electron chi connectivity index (χ1n) is 14.3. The van der Waals surface area contributed by atoms with Crippen LogP contribution in [0, 0.1) is 27.5 Å². The first-order valence-corrected chi connectivity index (χ1v) is 14.3. The minimum absolute atomic E-state index is 0. The van der Waals surface area contributed by atoms with Gasteiger partial charge in [-0.1, -0.05) is 42.1 Å². The van der Waals surface area contributed by atoms with Crippen molar-refractivity contribution in [2.45, 2.75) is 13.8 Å². The Hall–Kier alpha value is -6.65. The summed E-state index contributed by atoms with van der Waals surface area (Å²) in [5.74, 6) is -2.25. The third kappa shape index (κ3) is 8.51. The Balaban J connectivity index is 0.000000270. The van der Waals surface area contributed by atoms with Gasteiger partial charge in [0.25, 0.3) is 5.69 Å². The first-order chi connectivity index (χ1) is 23.9. The summed E-state index contributed by atoms with van der Waals surface area (Å²) in [5, 5.41) is 80.0. The summed E-state index contributed by atoms with van der Waals surface area (Å²) in [6, 6.07) is 20.8. The van der Waals surface area contributed by atoms with Gasteiger partial charge in [0.2, 0.25) is 5.78 Å². The number of para-hydroxylation sites is 2. The Morgan fingerprint density at radius 3 is 2.10 bits per heavy atom. The maximum Gasteiger partial charge on any atom is 1.00 e. The Morgan fingerprint density at radius 1 is 0.863 bits per heavy atom. The molecule has 0 N–H and O–H groups in total. The number of carbonyl (C=O) groups excluding carboxylic acids is 2. The Bertz CT molecular complexity index is 2170. The SMILES string of the molecule is CC1=NN(c2ccccc2)C(=O)C1=NN=C1C=CC(N([O-])[O-])=CC1=O.Cc1nn(-c2ccccc2)c([O-])c1N=Nc1ccc([N+](=O)[O-])cc1[O-].[Cr].[H+]. The number of nitro groups is 1. The monoisotopic (exact) mass is 727 g/mol. The average Bonchev–Trinajstić information content (AvgIpc) is 3.56. The van der Waals surface area contributed by atoms with Gasteiger partial charge in [-0.25, -0.2) is 4.68 Å². The van der Waals surface area contributed by atoms with Crippen LogP contribution in [0.3, 0.4) is 0 Å². The molecule has 18 nitrogen and oxygen atoms in total. The molecular weight excluding hydrogens is 704 g/mol. The summed E-state index contributed by atoms with van der Waals surface area (Å²) >= 11 is 0. The van der Waals surface area contributed by atoms with Gasteiger partial charge < -0.3 is 25.9 Å². The second-order valence-electron chi connectivity index (χ2n) is 10.2. The number of rotatable bonds is 7. The van der Waals surface area contributed by atoms with E-state index in [9.17, 15) is 40.3 Å². The van der Waals surface area contributed by atoms with E-state index in [0.717, 1.165) is 24.3 Å². The molecule has 1 aromatic heterocycles. The fraction of sp³-hybridized carbons (Fsp3) is 0.0625. The first kappa shape index (κ1) is 37.2. The van der Waals surface area contributed by atoms with Crippen LogP contribution in [0.2, 0.25) is 0 Å². The third-order valence-corrected chi connectivity index (χ3v) is 6.80. The van der Waals surface area contributed by atoms with E-state index < -0.39 is 33.5 Å². The van der Waals surface area contributed by atoms with Gasteiger partial charge in [-0.2, -0.15) is 20.3 Å². The number of nitro benzene ring substituents is 1. The van der Waals surface area contributed by atoms with Gasteiger partial charge in [-0.15, -0.1) is 15.3 Å². The van der Waals surface area contributed by atoms with Gasteiger partial charge in [0, 0.05) is 47.1 Å². The minimum Gasteiger partial charge on any atom is -0.871 e. The van der Waals surface area contributed by atoms with Crippen molar-refractivity contribution in [2.24, 2.45) is 25.5 Å². The summed E-state index contributed by atoms with van der Waals surface area (Å²) in [5.41, 5.74) is 1.01. The summed E-state index contributed by atoms with van der Waals surface area (Å²) in [4.78, 5) is 34.2. The maximum absolute atomic E-state index is 12.4. The number of non-ortho nitro benzene ring substituents is 1. The van der Waals surface area contributed by atoms with Crippen LogP contribution in [0.1, 0.15) is 14.0 Å². The van der Waals surface area contributed by atoms with Crippen molar-refractivity contribution < 1.29 is 43.5 Å². The second kappa shape index (κ2) is 16.2. The molecule has 0 bridgehead atoms. The van der Waals surface area contributed by atoms with Gasteiger partial charge in [-0.05, 0) is 56.3 Å². The number of hydroxylamine groups is 2. The van der Waals surface area contributed by atoms with E-state index in [2.05, 4.69) is 30.6 Å². The number of benzene rings is 3. The van der Waals surface area contributed by atoms with Crippen molar-refractivity contribution >= 4 is 51.6 Å². The van der Waals surface area contributed by atoms with Crippen LogP contribution in [-0.2, 0) is 27.0 Å². The topological polar surface area (TPSA) is 256 Å². The molecule has 0 fully saturated rings. The molecule has 2 heterocycles. The summed E-state index contributed by atoms with van der Waals surface area (Å²) < 4.78 is 1.19. The standard InChI is InChI=1S/C16H13N5O4.C16H11N5O4.Cr/c2*1-10-15(16(23)20(19-10)11-5-3-2-4-6-11)18-17-13-8-7-12(21(24)25)9-14(13)22;/h2-9,22-23H,1H3;2-9H,1H3;/q;-2;/p-1. The van der Waals surface area contributed by atoms with Gasteiger partial charge in [-0.3, -0.25) is 19.7 Å². The van der Waals surface area contributed by atoms with E-state index in [4.69, 9.17) is 0 Å². The molecule has 19 heteroatoms. The smallest absolute Gasteiger partial charge is 0.871 e. The molecule has 0 radical (unpaired) electrons. The molecule has 0 spiro atoms. The molecule has 0 saturated carbocycles. The van der Waals surface area contributed by atoms with Crippen molar-refractivity contribution in [3.8, 4) is 17.3 Å². The number of hydrogen-bond acceptors (Lipinski definition) is 15. The summed E-state index contributed by atoms with van der Waals surface area (Å²) in [6.07, 6.45) is 3.19. The predicted octanol–water partition coefficient (Wildman–Crippen LogP) is 4.29. The molecular formula is C32H23CrN10O8-3. The molecule has 1 amide bonds. The van der Waals surface area contributed by atoms with Crippen LogP contribution in [-0.4, -0.2) is 48.8 Å². The number of amides is 1. The quantitative estimate of drug-likeness (QED) is 0.113. The predicted molar refractivity (Wildman–Crippen MR) is 178 cm³/mol. The molecule has 0 atom stereocenters. The van der Waals surface area contributed by atoms with E-state index in [-0.39, 0.29) is 53.0 Å². The molecule has 1 aliphatic heterocycles. The molecule has 258 valence electrons. The van der Waals surface area contributed by atoms with Gasteiger partial charge in [0.15, 0.2) is 5.71 Å². The normalized spacial score (nSPS) is 15.4. The Morgan fingerprint density at radius 2 is 1.51 bits per heavy atom. The van der Waals surface area contributed by atoms with E-state index in [0.29, 0.717) is 22.8 Å². The van der Waals surface area contributed by atoms with E-state index in [1.807, 2.05) is 12.1 Å². The second-order valence-corrected chi connectivity index (χ2v) is 10.2. The average molecular weight is 728 g/mol. The molecule has 2 aliphatic rings. The number of hydrogen-bond donors (Lipinski definition) is 0. The van der Waals surface area contributed by atoms with Gasteiger partial charge in [0.1, 0.15) is 11.4 Å². The van der Waals surface area contributed by atoms with E-state index in [1.165, 1.54) is 21.8 Å². The van der Waals surface area contributed by atoms with Crippen molar-refractivity contribution in [1.82, 2.24) is 15.0 Å². The molecule has 0 unspecified atom stereocenters. The number of nitrogens with zero attached hydrogens (tertiary/aromatic N) is 10. The van der Waals surface area contributed by atoms with Crippen molar-refractivity contribution in [2.75, 3.05) is 5.01 Å². The Kier molecular flexibility index (Phi) is 11.8. The van der Waals surface area contributed by atoms with Crippen LogP contribution >= 0.6 is 0 Å². The zero-order valence-electron chi connectivity index (χ0n) is 27.4. The zero-order chi connectivity index (χ0) is 35.9. The van der Waals surface area contributed by atoms with Crippen LogP contribution < -0.4 is 15.2 Å². The number of ketones is 1. The number of azo groups is 1. The molecule has 4 aromatic rings. The molecule has 6 rings (SSSR count). The van der Waals surface area contributed by atoms with Crippen molar-refractivity contribution in [1.29, 1.82) is 0 Å². The van der Waals surface area contributed by atoms with E-state index in [1.54, 1.807) is 62.4 Å². The number of aromatic nitrogens is 2. The number of aryl methyl sites for hydroxylation is 1. The third-order valence-electron chi connectivity index (χ3n) is 6.80. The number of hydrazone groups is 1. The number of allylic oxidation sites excluding steroid dienone is 3. The molecule has 0 saturated heterocycles. The summed E-state index contributed by atoms with van der Waals surface area (Å²) in [6.45, 7) is 3.20. The largest absolute Gasteiger partial charge is 1.00 e. The van der Waals surface area contributed by atoms with Crippen LogP contribution in [0.25, 0.3) is 5.69 Å². The number of carbonyl (C=O) groups is 2. The van der Waals surface area contributed by atoms with Gasteiger partial charge >= 0.3 is 7.33 Å². The zero-order valence-corrected chi connectivity index (χ0v) is 27.7. The summed E-state index contributed by atoms with van der Waals surface area (Å²) in [7, 11) is 0. The Labute approximate surface area is 300 Å². The van der Waals surface area contributed by atoms with Crippen molar-refractivity contribution in [3.63, 3.8) is 0 Å². The van der Waals surface area contributed by atoms with Crippen molar-refractivity contribution in [3.05, 3.63) is 129 Å². The van der Waals surface area contributed by atoms with E-state index >= 15 is 0 Å². The fourth-order valence-electron chi connectivity index (χ4n) is 4.32. The van der Waals surface area contributed by atoms with Gasteiger partial charge in [0.05, 0.1) is 33.4 Å². The molecule has 51 heavy (non-hydrogen) atoms. The maximum atomic E-state index is 12.4.